The van der Waals surface area contributed by atoms with Gasteiger partial charge in [-0.3, -0.25) is 4.79 Å². The Hall–Kier alpha value is -2.75. The Bertz CT molecular complexity index is 793. The van der Waals surface area contributed by atoms with Crippen molar-refractivity contribution in [1.82, 2.24) is 4.98 Å². The quantitative estimate of drug-likeness (QED) is 0.801. The van der Waals surface area contributed by atoms with Gasteiger partial charge in [-0.25, -0.2) is 0 Å². The van der Waals surface area contributed by atoms with Crippen molar-refractivity contribution in [1.29, 1.82) is 0 Å². The van der Waals surface area contributed by atoms with Gasteiger partial charge in [0.2, 0.25) is 5.91 Å². The molecule has 4 heteroatoms. The second kappa shape index (κ2) is 5.93. The maximum Gasteiger partial charge on any atom is 0.231 e. The standard InChI is InChI=1S/C18H18N2O2/c1-20(14-7-4-3-5-8-14)17(21)11-13-12-19-15-9-6-10-16(22-2)18(13)15/h3-10,12,19H,11H2,1-2H3. The van der Waals surface area contributed by atoms with Crippen LogP contribution < -0.4 is 9.64 Å². The van der Waals surface area contributed by atoms with Gasteiger partial charge in [0, 0.05) is 29.8 Å². The van der Waals surface area contributed by atoms with Gasteiger partial charge >= 0.3 is 0 Å². The molecule has 0 atom stereocenters. The lowest BCUT2D eigenvalue weighted by Gasteiger charge is -2.17. The number of nitrogens with one attached hydrogen (secondary N) is 1. The van der Waals surface area contributed by atoms with E-state index in [1.165, 1.54) is 0 Å². The number of likely N-dealkylation sites (N-methyl/N-ethyl adjacent to an activating group) is 1. The zero-order chi connectivity index (χ0) is 15.5. The molecule has 1 aromatic heterocycles. The number of para-hydroxylation sites is 1. The molecule has 1 N–H and O–H groups in total. The summed E-state index contributed by atoms with van der Waals surface area (Å²) in [5.74, 6) is 0.821. The van der Waals surface area contributed by atoms with Gasteiger partial charge in [0.05, 0.1) is 13.5 Å². The molecule has 0 saturated heterocycles. The van der Waals surface area contributed by atoms with Crippen LogP contribution in [0.4, 0.5) is 5.69 Å². The van der Waals surface area contributed by atoms with Gasteiger partial charge in [0.25, 0.3) is 0 Å². The Morgan fingerprint density at radius 2 is 1.91 bits per heavy atom. The number of fused-ring (bicyclic) bond motifs is 1. The summed E-state index contributed by atoms with van der Waals surface area (Å²) in [4.78, 5) is 17.4. The molecule has 3 rings (SSSR count). The summed E-state index contributed by atoms with van der Waals surface area (Å²) in [6.07, 6.45) is 2.20. The predicted molar refractivity (Wildman–Crippen MR) is 88.4 cm³/mol. The van der Waals surface area contributed by atoms with Crippen LogP contribution in [-0.4, -0.2) is 25.0 Å². The average Bonchev–Trinajstić information content (AvgIpc) is 2.98. The van der Waals surface area contributed by atoms with Crippen molar-refractivity contribution in [3.05, 3.63) is 60.3 Å². The first kappa shape index (κ1) is 14.2. The fourth-order valence-corrected chi connectivity index (χ4v) is 2.61. The van der Waals surface area contributed by atoms with Crippen molar-refractivity contribution >= 4 is 22.5 Å². The molecule has 1 amide bonds. The fourth-order valence-electron chi connectivity index (χ4n) is 2.61. The fraction of sp³-hybridized carbons (Fsp3) is 0.167. The van der Waals surface area contributed by atoms with Crippen LogP contribution in [0.3, 0.4) is 0 Å². The summed E-state index contributed by atoms with van der Waals surface area (Å²) in [7, 11) is 3.44. The summed E-state index contributed by atoms with van der Waals surface area (Å²) >= 11 is 0. The molecule has 0 unspecified atom stereocenters. The molecule has 0 aliphatic rings. The SMILES string of the molecule is COc1cccc2[nH]cc(CC(=O)N(C)c3ccccc3)c12. The molecule has 0 radical (unpaired) electrons. The summed E-state index contributed by atoms with van der Waals surface area (Å²) in [5, 5.41) is 0.972. The Morgan fingerprint density at radius 1 is 1.14 bits per heavy atom. The minimum atomic E-state index is 0.0398. The van der Waals surface area contributed by atoms with Gasteiger partial charge in [0.15, 0.2) is 0 Å². The Balaban J connectivity index is 1.89. The highest BCUT2D eigenvalue weighted by Crippen LogP contribution is 2.29. The van der Waals surface area contributed by atoms with E-state index in [1.54, 1.807) is 19.1 Å². The predicted octanol–water partition coefficient (Wildman–Crippen LogP) is 3.38. The summed E-state index contributed by atoms with van der Waals surface area (Å²) in [5.41, 5.74) is 2.81. The zero-order valence-electron chi connectivity index (χ0n) is 12.7. The lowest BCUT2D eigenvalue weighted by Crippen LogP contribution is -2.27. The third-order valence-corrected chi connectivity index (χ3v) is 3.83. The maximum absolute atomic E-state index is 12.5. The smallest absolute Gasteiger partial charge is 0.231 e. The number of rotatable bonds is 4. The number of aromatic amines is 1. The van der Waals surface area contributed by atoms with Crippen molar-refractivity contribution < 1.29 is 9.53 Å². The molecule has 112 valence electrons. The summed E-state index contributed by atoms with van der Waals surface area (Å²) < 4.78 is 5.41. The molecule has 0 fully saturated rings. The number of carbonyl (C=O) groups is 1. The Kier molecular flexibility index (Phi) is 3.83. The number of hydrogen-bond acceptors (Lipinski definition) is 2. The highest BCUT2D eigenvalue weighted by atomic mass is 16.5. The molecular formula is C18H18N2O2. The lowest BCUT2D eigenvalue weighted by atomic mass is 10.1. The lowest BCUT2D eigenvalue weighted by molar-refractivity contribution is -0.117. The zero-order valence-corrected chi connectivity index (χ0v) is 12.7. The Labute approximate surface area is 129 Å². The van der Waals surface area contributed by atoms with E-state index in [0.717, 1.165) is 27.9 Å². The number of hydrogen-bond donors (Lipinski definition) is 1. The first-order valence-electron chi connectivity index (χ1n) is 7.15. The van der Waals surface area contributed by atoms with E-state index in [-0.39, 0.29) is 5.91 Å². The monoisotopic (exact) mass is 294 g/mol. The summed E-state index contributed by atoms with van der Waals surface area (Å²) in [6, 6.07) is 15.5. The molecule has 2 aromatic carbocycles. The second-order valence-corrected chi connectivity index (χ2v) is 5.16. The van der Waals surface area contributed by atoms with Crippen LogP contribution in [0, 0.1) is 0 Å². The molecule has 0 saturated carbocycles. The molecule has 0 spiro atoms. The third-order valence-electron chi connectivity index (χ3n) is 3.83. The van der Waals surface area contributed by atoms with Crippen LogP contribution in [0.1, 0.15) is 5.56 Å². The van der Waals surface area contributed by atoms with Crippen LogP contribution in [0.25, 0.3) is 10.9 Å². The number of amides is 1. The van der Waals surface area contributed by atoms with Crippen molar-refractivity contribution in [3.8, 4) is 5.75 Å². The van der Waals surface area contributed by atoms with Crippen molar-refractivity contribution in [3.63, 3.8) is 0 Å². The van der Waals surface area contributed by atoms with Gasteiger partial charge in [-0.15, -0.1) is 0 Å². The van der Waals surface area contributed by atoms with Crippen molar-refractivity contribution in [2.24, 2.45) is 0 Å². The van der Waals surface area contributed by atoms with E-state index < -0.39 is 0 Å². The number of methoxy groups -OCH3 is 1. The van der Waals surface area contributed by atoms with E-state index in [0.29, 0.717) is 6.42 Å². The largest absolute Gasteiger partial charge is 0.496 e. The minimum Gasteiger partial charge on any atom is -0.496 e. The molecular weight excluding hydrogens is 276 g/mol. The number of ether oxygens (including phenoxy) is 1. The molecule has 0 bridgehead atoms. The van der Waals surface area contributed by atoms with E-state index in [4.69, 9.17) is 4.74 Å². The van der Waals surface area contributed by atoms with Crippen LogP contribution in [-0.2, 0) is 11.2 Å². The molecule has 4 nitrogen and oxygen atoms in total. The molecule has 3 aromatic rings. The number of H-pyrrole nitrogens is 1. The highest BCUT2D eigenvalue weighted by molar-refractivity contribution is 5.98. The average molecular weight is 294 g/mol. The molecule has 0 aliphatic carbocycles. The van der Waals surface area contributed by atoms with Crippen LogP contribution in [0.15, 0.2) is 54.7 Å². The van der Waals surface area contributed by atoms with E-state index >= 15 is 0 Å². The van der Waals surface area contributed by atoms with Crippen LogP contribution >= 0.6 is 0 Å². The van der Waals surface area contributed by atoms with Crippen molar-refractivity contribution in [2.75, 3.05) is 19.1 Å². The molecule has 22 heavy (non-hydrogen) atoms. The number of anilines is 1. The van der Waals surface area contributed by atoms with Gasteiger partial charge in [0.1, 0.15) is 5.75 Å². The first-order chi connectivity index (χ1) is 10.7. The highest BCUT2D eigenvalue weighted by Gasteiger charge is 2.16. The van der Waals surface area contributed by atoms with E-state index in [1.807, 2.05) is 54.7 Å². The molecule has 1 heterocycles. The Morgan fingerprint density at radius 3 is 2.64 bits per heavy atom. The normalized spacial score (nSPS) is 10.6. The van der Waals surface area contributed by atoms with Gasteiger partial charge in [-0.05, 0) is 29.8 Å². The second-order valence-electron chi connectivity index (χ2n) is 5.16. The maximum atomic E-state index is 12.5. The van der Waals surface area contributed by atoms with Crippen molar-refractivity contribution in [2.45, 2.75) is 6.42 Å². The number of aromatic nitrogens is 1. The minimum absolute atomic E-state index is 0.0398. The number of carbonyl (C=O) groups excluding carboxylic acids is 1. The van der Waals surface area contributed by atoms with Crippen LogP contribution in [0.5, 0.6) is 5.75 Å². The first-order valence-corrected chi connectivity index (χ1v) is 7.15. The molecule has 0 aliphatic heterocycles. The summed E-state index contributed by atoms with van der Waals surface area (Å²) in [6.45, 7) is 0. The topological polar surface area (TPSA) is 45.3 Å². The van der Waals surface area contributed by atoms with Gasteiger partial charge in [-0.2, -0.15) is 0 Å². The van der Waals surface area contributed by atoms with Crippen LogP contribution in [0.2, 0.25) is 0 Å². The number of benzene rings is 2. The van der Waals surface area contributed by atoms with Gasteiger partial charge < -0.3 is 14.6 Å². The van der Waals surface area contributed by atoms with E-state index in [2.05, 4.69) is 4.98 Å². The van der Waals surface area contributed by atoms with E-state index in [9.17, 15) is 4.79 Å². The van der Waals surface area contributed by atoms with Gasteiger partial charge in [-0.1, -0.05) is 24.3 Å². The third kappa shape index (κ3) is 2.55. The number of nitrogens with zero attached hydrogens (tertiary/aromatic N) is 1.